The van der Waals surface area contributed by atoms with E-state index in [9.17, 15) is 4.39 Å². The van der Waals surface area contributed by atoms with Crippen molar-refractivity contribution in [3.8, 4) is 0 Å². The van der Waals surface area contributed by atoms with Crippen LogP contribution in [0.3, 0.4) is 0 Å². The molecule has 1 saturated heterocycles. The van der Waals surface area contributed by atoms with Crippen molar-refractivity contribution >= 4 is 24.8 Å². The highest BCUT2D eigenvalue weighted by Gasteiger charge is 2.23. The maximum absolute atomic E-state index is 13.5. The lowest BCUT2D eigenvalue weighted by atomic mass is 9.95. The highest BCUT2D eigenvalue weighted by molar-refractivity contribution is 5.85. The van der Waals surface area contributed by atoms with Crippen LogP contribution in [0.1, 0.15) is 30.0 Å². The van der Waals surface area contributed by atoms with Crippen molar-refractivity contribution in [1.29, 1.82) is 0 Å². The largest absolute Gasteiger partial charge is 0.314 e. The molecule has 1 fully saturated rings. The summed E-state index contributed by atoms with van der Waals surface area (Å²) < 4.78 is 13.5. The van der Waals surface area contributed by atoms with Gasteiger partial charge in [-0.05, 0) is 43.0 Å². The lowest BCUT2D eigenvalue weighted by Gasteiger charge is -2.36. The minimum absolute atomic E-state index is 0. The first-order valence-electron chi connectivity index (χ1n) is 7.04. The second-order valence-corrected chi connectivity index (χ2v) is 5.17. The van der Waals surface area contributed by atoms with Gasteiger partial charge < -0.3 is 5.32 Å². The molecule has 0 aliphatic carbocycles. The van der Waals surface area contributed by atoms with E-state index in [0.29, 0.717) is 6.04 Å². The van der Waals surface area contributed by atoms with Crippen LogP contribution in [0.25, 0.3) is 0 Å². The third kappa shape index (κ3) is 5.59. The van der Waals surface area contributed by atoms with Crippen LogP contribution in [-0.4, -0.2) is 31.1 Å². The van der Waals surface area contributed by atoms with E-state index in [2.05, 4.69) is 23.7 Å². The average Bonchev–Trinajstić information content (AvgIpc) is 2.44. The molecule has 21 heavy (non-hydrogen) atoms. The Morgan fingerprint density at radius 2 is 2.00 bits per heavy atom. The summed E-state index contributed by atoms with van der Waals surface area (Å²) in [6.07, 6.45) is 3.92. The van der Waals surface area contributed by atoms with E-state index in [4.69, 9.17) is 0 Å². The smallest absolute Gasteiger partial charge is 0.123 e. The molecule has 5 heteroatoms. The fourth-order valence-electron chi connectivity index (χ4n) is 2.77. The molecule has 1 heterocycles. The van der Waals surface area contributed by atoms with Crippen molar-refractivity contribution in [2.75, 3.05) is 26.2 Å². The molecule has 2 rings (SSSR count). The predicted molar refractivity (Wildman–Crippen MR) is 92.2 cm³/mol. The summed E-state index contributed by atoms with van der Waals surface area (Å²) in [4.78, 5) is 2.46. The molecule has 2 nitrogen and oxygen atoms in total. The fourth-order valence-corrected chi connectivity index (χ4v) is 2.77. The summed E-state index contributed by atoms with van der Waals surface area (Å²) in [7, 11) is 0. The number of halogens is 3. The molecule has 0 spiro atoms. The van der Waals surface area contributed by atoms with E-state index in [-0.39, 0.29) is 30.6 Å². The maximum atomic E-state index is 13.5. The van der Waals surface area contributed by atoms with Crippen LogP contribution in [0.15, 0.2) is 30.9 Å². The zero-order valence-electron chi connectivity index (χ0n) is 12.5. The molecule has 0 saturated carbocycles. The predicted octanol–water partition coefficient (Wildman–Crippen LogP) is 3.89. The van der Waals surface area contributed by atoms with Crippen LogP contribution in [0.2, 0.25) is 0 Å². The summed E-state index contributed by atoms with van der Waals surface area (Å²) in [5.74, 6) is -0.140. The van der Waals surface area contributed by atoms with Gasteiger partial charge in [0, 0.05) is 32.2 Å². The second kappa shape index (κ2) is 10.2. The van der Waals surface area contributed by atoms with Gasteiger partial charge in [0.2, 0.25) is 0 Å². The summed E-state index contributed by atoms with van der Waals surface area (Å²) in [6.45, 7) is 9.95. The summed E-state index contributed by atoms with van der Waals surface area (Å²) in [6, 6.07) is 5.43. The molecule has 1 aliphatic heterocycles. The minimum atomic E-state index is -0.140. The van der Waals surface area contributed by atoms with Crippen LogP contribution < -0.4 is 5.32 Å². The number of nitrogens with one attached hydrogen (secondary N) is 1. The molecule has 1 aromatic carbocycles. The van der Waals surface area contributed by atoms with E-state index < -0.39 is 0 Å². The van der Waals surface area contributed by atoms with Crippen molar-refractivity contribution < 1.29 is 4.39 Å². The Hall–Kier alpha value is -0.610. The maximum Gasteiger partial charge on any atom is 0.123 e. The molecule has 0 radical (unpaired) electrons. The molecule has 1 aromatic rings. The van der Waals surface area contributed by atoms with Gasteiger partial charge in [-0.3, -0.25) is 4.90 Å². The SMILES string of the molecule is C=CCC[C@H](c1cc(F)ccc1C)N1CCNCC1.Cl.Cl. The number of rotatable bonds is 5. The van der Waals surface area contributed by atoms with Crippen molar-refractivity contribution in [1.82, 2.24) is 10.2 Å². The van der Waals surface area contributed by atoms with Crippen LogP contribution >= 0.6 is 24.8 Å². The van der Waals surface area contributed by atoms with E-state index >= 15 is 0 Å². The molecule has 1 N–H and O–H groups in total. The average molecular weight is 335 g/mol. The van der Waals surface area contributed by atoms with Gasteiger partial charge in [0.1, 0.15) is 5.82 Å². The first-order valence-corrected chi connectivity index (χ1v) is 7.04. The van der Waals surface area contributed by atoms with Gasteiger partial charge in [-0.15, -0.1) is 31.4 Å². The van der Waals surface area contributed by atoms with Crippen LogP contribution in [0, 0.1) is 12.7 Å². The summed E-state index contributed by atoms with van der Waals surface area (Å²) in [5.41, 5.74) is 2.30. The van der Waals surface area contributed by atoms with Gasteiger partial charge in [-0.2, -0.15) is 0 Å². The Labute approximate surface area is 139 Å². The topological polar surface area (TPSA) is 15.3 Å². The van der Waals surface area contributed by atoms with Gasteiger partial charge >= 0.3 is 0 Å². The first-order chi connectivity index (χ1) is 9.22. The molecular formula is C16H25Cl2FN2. The lowest BCUT2D eigenvalue weighted by molar-refractivity contribution is 0.165. The fraction of sp³-hybridized carbons (Fsp3) is 0.500. The number of benzene rings is 1. The van der Waals surface area contributed by atoms with Gasteiger partial charge in [0.05, 0.1) is 0 Å². The highest BCUT2D eigenvalue weighted by Crippen LogP contribution is 2.29. The Morgan fingerprint density at radius 1 is 1.33 bits per heavy atom. The number of piperazine rings is 1. The summed E-state index contributed by atoms with van der Waals surface area (Å²) in [5, 5.41) is 3.37. The number of hydrogen-bond acceptors (Lipinski definition) is 2. The molecular weight excluding hydrogens is 310 g/mol. The molecule has 1 aliphatic rings. The third-order valence-corrected chi connectivity index (χ3v) is 3.84. The van der Waals surface area contributed by atoms with E-state index in [1.807, 2.05) is 12.1 Å². The van der Waals surface area contributed by atoms with Gasteiger partial charge in [0.15, 0.2) is 0 Å². The first kappa shape index (κ1) is 20.4. The van der Waals surface area contributed by atoms with Crippen LogP contribution in [-0.2, 0) is 0 Å². The molecule has 0 bridgehead atoms. The minimum Gasteiger partial charge on any atom is -0.314 e. The highest BCUT2D eigenvalue weighted by atomic mass is 35.5. The number of aryl methyl sites for hydroxylation is 1. The molecule has 0 unspecified atom stereocenters. The zero-order valence-corrected chi connectivity index (χ0v) is 14.1. The molecule has 0 amide bonds. The molecule has 1 atom stereocenters. The van der Waals surface area contributed by atoms with Crippen molar-refractivity contribution in [2.45, 2.75) is 25.8 Å². The standard InChI is InChI=1S/C16H23FN2.2ClH/c1-3-4-5-16(19-10-8-18-9-11-19)15-12-14(17)7-6-13(15)2;;/h3,6-7,12,16,18H,1,4-5,8-11H2,2H3;2*1H/t16-;;/m1../s1. The molecule has 0 aromatic heterocycles. The zero-order chi connectivity index (χ0) is 13.7. The van der Waals surface area contributed by atoms with Gasteiger partial charge in [0.25, 0.3) is 0 Å². The Balaban J connectivity index is 0.00000200. The lowest BCUT2D eigenvalue weighted by Crippen LogP contribution is -2.45. The quantitative estimate of drug-likeness (QED) is 0.822. The number of nitrogens with zero attached hydrogens (tertiary/aromatic N) is 1. The van der Waals surface area contributed by atoms with Crippen molar-refractivity contribution in [3.63, 3.8) is 0 Å². The number of allylic oxidation sites excluding steroid dienone is 1. The van der Waals surface area contributed by atoms with Crippen LogP contribution in [0.4, 0.5) is 4.39 Å². The van der Waals surface area contributed by atoms with E-state index in [0.717, 1.165) is 44.6 Å². The second-order valence-electron chi connectivity index (χ2n) is 5.17. The van der Waals surface area contributed by atoms with Gasteiger partial charge in [-0.25, -0.2) is 4.39 Å². The summed E-state index contributed by atoms with van der Waals surface area (Å²) >= 11 is 0. The Bertz CT molecular complexity index is 434. The molecule has 120 valence electrons. The normalized spacial score (nSPS) is 16.5. The van der Waals surface area contributed by atoms with Crippen LogP contribution in [0.5, 0.6) is 0 Å². The third-order valence-electron chi connectivity index (χ3n) is 3.84. The van der Waals surface area contributed by atoms with Gasteiger partial charge in [-0.1, -0.05) is 12.1 Å². The Kier molecular flexibility index (Phi) is 9.88. The van der Waals surface area contributed by atoms with Crippen molar-refractivity contribution in [3.05, 3.63) is 47.8 Å². The van der Waals surface area contributed by atoms with E-state index in [1.54, 1.807) is 12.1 Å². The van der Waals surface area contributed by atoms with E-state index in [1.165, 1.54) is 5.56 Å². The monoisotopic (exact) mass is 334 g/mol. The number of hydrogen-bond donors (Lipinski definition) is 1. The Morgan fingerprint density at radius 3 is 2.62 bits per heavy atom. The van der Waals surface area contributed by atoms with Crippen molar-refractivity contribution in [2.24, 2.45) is 0 Å².